The van der Waals surface area contributed by atoms with E-state index in [1.807, 2.05) is 69.2 Å². The largest absolute Gasteiger partial charge is 0.460 e. The van der Waals surface area contributed by atoms with E-state index >= 15 is 0 Å². The number of amides is 11. The van der Waals surface area contributed by atoms with Crippen LogP contribution in [0.5, 0.6) is 0 Å². The number of unbranched alkanes of at least 4 members (excludes halogenated alkanes) is 3. The summed E-state index contributed by atoms with van der Waals surface area (Å²) < 4.78 is 5.81. The smallest absolute Gasteiger partial charge is 0.303 e. The molecule has 0 fully saturated rings. The zero-order valence-corrected chi connectivity index (χ0v) is 59.2. The summed E-state index contributed by atoms with van der Waals surface area (Å²) in [5.74, 6) is -8.08. The molecule has 0 bridgehead atoms. The van der Waals surface area contributed by atoms with Crippen molar-refractivity contribution in [3.8, 4) is 0 Å². The molecule has 0 heterocycles. The van der Waals surface area contributed by atoms with E-state index in [1.54, 1.807) is 20.8 Å². The Morgan fingerprint density at radius 2 is 0.944 bits per heavy atom. The number of hydrogen-bond acceptors (Lipinski definition) is 14. The normalized spacial score (nSPS) is 15.2. The van der Waals surface area contributed by atoms with Crippen LogP contribution in [-0.4, -0.2) is 223 Å². The summed E-state index contributed by atoms with van der Waals surface area (Å²) in [5, 5.41) is 13.5. The molecule has 0 rings (SSSR count). The molecule has 0 aromatic heterocycles. The van der Waals surface area contributed by atoms with Crippen molar-refractivity contribution >= 4 is 70.9 Å². The van der Waals surface area contributed by atoms with E-state index in [9.17, 15) is 57.5 Å². The van der Waals surface area contributed by atoms with E-state index in [2.05, 4.69) is 26.6 Å². The Balaban J connectivity index is 6.65. The summed E-state index contributed by atoms with van der Waals surface area (Å²) in [6, 6.07) is -10.1. The van der Waals surface area contributed by atoms with Gasteiger partial charge < -0.3 is 66.5 Å². The van der Waals surface area contributed by atoms with Gasteiger partial charge in [-0.1, -0.05) is 109 Å². The van der Waals surface area contributed by atoms with Crippen LogP contribution in [0.2, 0.25) is 0 Å². The molecular formula is C65H120N12O13. The Hall–Kier alpha value is -6.40. The molecule has 25 heteroatoms. The van der Waals surface area contributed by atoms with Gasteiger partial charge in [-0.3, -0.25) is 57.5 Å². The lowest BCUT2D eigenvalue weighted by molar-refractivity contribution is -0.161. The van der Waals surface area contributed by atoms with Gasteiger partial charge in [-0.25, -0.2) is 0 Å². The van der Waals surface area contributed by atoms with Crippen LogP contribution >= 0.6 is 0 Å². The van der Waals surface area contributed by atoms with Gasteiger partial charge in [0, 0.05) is 62.7 Å². The summed E-state index contributed by atoms with van der Waals surface area (Å²) in [4.78, 5) is 174. The number of carbonyl (C=O) groups excluding carboxylic acids is 12. The van der Waals surface area contributed by atoms with E-state index in [-0.39, 0.29) is 73.5 Å². The number of rotatable bonds is 41. The maximum absolute atomic E-state index is 14.6. The van der Waals surface area contributed by atoms with Crippen LogP contribution in [0.15, 0.2) is 0 Å². The molecular weight excluding hydrogens is 1160 g/mol. The Morgan fingerprint density at radius 3 is 1.40 bits per heavy atom. The molecule has 7 N–H and O–H groups in total. The SMILES string of the molecule is CCCC(=O)N(C)C(C(=O)N[C@@H](CC)C(=O)N(C)[C@H](C)C(=O)N(C)[C@@H](CC(C)C)C(=O)N[C@H](C(=O)N(C)[C@@H](CC(C)C)C(=O)N[C@H](C)C(=O)NCC(=O)N(C)[C@@H](CC(C)C)C(=O)N(C)[C@@H](CC(C)C)C(=O)NC)C(C)C)[C@H](OC(C)=O)[C@H](C)CCCCCCN. The van der Waals surface area contributed by atoms with Crippen molar-refractivity contribution in [3.05, 3.63) is 0 Å². The monoisotopic (exact) mass is 1280 g/mol. The predicted molar refractivity (Wildman–Crippen MR) is 348 cm³/mol. The van der Waals surface area contributed by atoms with Gasteiger partial charge in [0.2, 0.25) is 65.0 Å². The van der Waals surface area contributed by atoms with Crippen LogP contribution < -0.4 is 32.3 Å². The molecule has 11 atom stereocenters. The Labute approximate surface area is 539 Å². The number of likely N-dealkylation sites (N-methyl/N-ethyl adjacent to an activating group) is 7. The second-order valence-electron chi connectivity index (χ2n) is 26.6. The minimum Gasteiger partial charge on any atom is -0.460 e. The zero-order valence-electron chi connectivity index (χ0n) is 59.2. The summed E-state index contributed by atoms with van der Waals surface area (Å²) in [7, 11) is 10.2. The third-order valence-electron chi connectivity index (χ3n) is 16.6. The minimum absolute atomic E-state index is 0.0173. The number of carbonyl (C=O) groups is 12. The van der Waals surface area contributed by atoms with E-state index in [0.717, 1.165) is 25.7 Å². The molecule has 90 heavy (non-hydrogen) atoms. The van der Waals surface area contributed by atoms with Gasteiger partial charge in [-0.15, -0.1) is 0 Å². The first kappa shape index (κ1) is 83.6. The highest BCUT2D eigenvalue weighted by molar-refractivity contribution is 5.98. The molecule has 0 aliphatic rings. The van der Waals surface area contributed by atoms with E-state index < -0.39 is 132 Å². The number of nitrogens with one attached hydrogen (secondary N) is 5. The first-order chi connectivity index (χ1) is 41.8. The van der Waals surface area contributed by atoms with Crippen LogP contribution in [0, 0.1) is 35.5 Å². The molecule has 25 nitrogen and oxygen atoms in total. The van der Waals surface area contributed by atoms with Gasteiger partial charge in [0.15, 0.2) is 0 Å². The Morgan fingerprint density at radius 1 is 0.478 bits per heavy atom. The van der Waals surface area contributed by atoms with Gasteiger partial charge in [0.1, 0.15) is 60.5 Å². The minimum atomic E-state index is -1.30. The van der Waals surface area contributed by atoms with E-state index in [1.165, 1.54) is 99.5 Å². The molecule has 11 amide bonds. The summed E-state index contributed by atoms with van der Waals surface area (Å²) in [6.07, 6.45) is 4.62. The lowest BCUT2D eigenvalue weighted by Gasteiger charge is -2.38. The Bertz CT molecular complexity index is 2350. The molecule has 0 aromatic rings. The van der Waals surface area contributed by atoms with Crippen molar-refractivity contribution in [1.82, 2.24) is 56.0 Å². The summed E-state index contributed by atoms with van der Waals surface area (Å²) >= 11 is 0. The number of nitrogens with two attached hydrogens (primary N) is 1. The van der Waals surface area contributed by atoms with Crippen molar-refractivity contribution < 1.29 is 62.3 Å². The molecule has 0 spiro atoms. The second kappa shape index (κ2) is 41.2. The molecule has 0 radical (unpaired) electrons. The van der Waals surface area contributed by atoms with Crippen molar-refractivity contribution in [2.24, 2.45) is 41.2 Å². The molecule has 0 aliphatic carbocycles. The van der Waals surface area contributed by atoms with Crippen LogP contribution in [0.1, 0.15) is 188 Å². The zero-order chi connectivity index (χ0) is 69.8. The first-order valence-electron chi connectivity index (χ1n) is 32.6. The van der Waals surface area contributed by atoms with Crippen LogP contribution in [0.3, 0.4) is 0 Å². The maximum Gasteiger partial charge on any atom is 0.303 e. The number of nitrogens with zero attached hydrogens (tertiary/aromatic N) is 6. The average Bonchev–Trinajstić information content (AvgIpc) is 0.915. The highest BCUT2D eigenvalue weighted by Crippen LogP contribution is 2.25. The predicted octanol–water partition coefficient (Wildman–Crippen LogP) is 3.83. The molecule has 518 valence electrons. The fraction of sp³-hybridized carbons (Fsp3) is 0.815. The number of ether oxygens (including phenoxy) is 1. The molecule has 1 unspecified atom stereocenters. The van der Waals surface area contributed by atoms with Gasteiger partial charge in [-0.2, -0.15) is 0 Å². The molecule has 0 saturated carbocycles. The number of esters is 1. The fourth-order valence-electron chi connectivity index (χ4n) is 10.8. The van der Waals surface area contributed by atoms with E-state index in [4.69, 9.17) is 10.5 Å². The summed E-state index contributed by atoms with van der Waals surface area (Å²) in [6.45, 7) is 28.1. The third-order valence-corrected chi connectivity index (χ3v) is 16.6. The summed E-state index contributed by atoms with van der Waals surface area (Å²) in [5.41, 5.74) is 5.68. The highest BCUT2D eigenvalue weighted by atomic mass is 16.5. The standard InChI is InChI=1S/C65H120N12O13/c1-24-30-52(79)77(23)55(56(90-46(16)78)43(13)31-28-26-27-29-32-66)61(85)70-47(25-2)63(87)72(18)45(15)62(86)74(20)50(35-40(7)8)60(84)71-54(42(11)12)65(89)76(22)49(34-39(5)6)59(83)69-44(14)57(81)68-37-53(80)73(19)51(36-41(9)10)64(88)75(21)48(33-38(3)4)58(82)67-17/h38-45,47-51,54-56H,24-37,66H2,1-23H3,(H,67,82)(H,68,81)(H,69,83)(H,70,85)(H,71,84)/t43-,44-,45-,47+,48+,49+,50+,51+,54+,55?,56-/m1/s1. The van der Waals surface area contributed by atoms with Crippen molar-refractivity contribution in [1.29, 1.82) is 0 Å². The van der Waals surface area contributed by atoms with Gasteiger partial charge >= 0.3 is 5.97 Å². The second-order valence-corrected chi connectivity index (χ2v) is 26.6. The topological polar surface area (TPSA) is 320 Å². The first-order valence-corrected chi connectivity index (χ1v) is 32.6. The fourth-order valence-corrected chi connectivity index (χ4v) is 10.8. The van der Waals surface area contributed by atoms with Crippen molar-refractivity contribution in [2.45, 2.75) is 248 Å². The lowest BCUT2D eigenvalue weighted by Crippen LogP contribution is -2.61. The van der Waals surface area contributed by atoms with Crippen LogP contribution in [-0.2, 0) is 62.3 Å². The molecule has 0 aliphatic heterocycles. The quantitative estimate of drug-likeness (QED) is 0.0375. The van der Waals surface area contributed by atoms with Gasteiger partial charge in [-0.05, 0) is 107 Å². The van der Waals surface area contributed by atoms with E-state index in [0.29, 0.717) is 25.8 Å². The highest BCUT2D eigenvalue weighted by Gasteiger charge is 2.43. The van der Waals surface area contributed by atoms with Gasteiger partial charge in [0.05, 0.1) is 6.54 Å². The average molecular weight is 1280 g/mol. The molecule has 0 aromatic carbocycles. The van der Waals surface area contributed by atoms with Gasteiger partial charge in [0.25, 0.3) is 0 Å². The molecule has 0 saturated heterocycles. The number of hydrogen-bond donors (Lipinski definition) is 6. The maximum atomic E-state index is 14.6. The van der Waals surface area contributed by atoms with Crippen molar-refractivity contribution in [2.75, 3.05) is 62.4 Å². The van der Waals surface area contributed by atoms with Crippen LogP contribution in [0.4, 0.5) is 0 Å². The lowest BCUT2D eigenvalue weighted by atomic mass is 9.90. The third kappa shape index (κ3) is 26.8. The van der Waals surface area contributed by atoms with Crippen LogP contribution in [0.25, 0.3) is 0 Å². The Kier molecular flexibility index (Phi) is 38.2. The van der Waals surface area contributed by atoms with Crippen molar-refractivity contribution in [3.63, 3.8) is 0 Å².